The lowest BCUT2D eigenvalue weighted by Crippen LogP contribution is -2.53. The molecule has 36 heavy (non-hydrogen) atoms. The first-order valence-electron chi connectivity index (χ1n) is 12.0. The van der Waals surface area contributed by atoms with Gasteiger partial charge in [-0.05, 0) is 42.3 Å². The van der Waals surface area contributed by atoms with Crippen LogP contribution in [0.1, 0.15) is 47.0 Å². The summed E-state index contributed by atoms with van der Waals surface area (Å²) < 4.78 is 19.6. The summed E-state index contributed by atoms with van der Waals surface area (Å²) in [6.07, 6.45) is 1.46. The molecule has 0 aliphatic carbocycles. The van der Waals surface area contributed by atoms with Gasteiger partial charge in [-0.15, -0.1) is 0 Å². The second-order valence-corrected chi connectivity index (χ2v) is 9.19. The summed E-state index contributed by atoms with van der Waals surface area (Å²) in [4.78, 5) is 45.3. The number of benzene rings is 3. The summed E-state index contributed by atoms with van der Waals surface area (Å²) in [5.41, 5.74) is 0.288. The zero-order valence-electron chi connectivity index (χ0n) is 19.7. The van der Waals surface area contributed by atoms with Crippen LogP contribution < -0.4 is 10.3 Å². The van der Waals surface area contributed by atoms with Gasteiger partial charge in [0.25, 0.3) is 11.8 Å². The maximum Gasteiger partial charge on any atom is 0.291 e. The second-order valence-electron chi connectivity index (χ2n) is 9.19. The van der Waals surface area contributed by atoms with Crippen LogP contribution in [0, 0.1) is 5.82 Å². The zero-order valence-corrected chi connectivity index (χ0v) is 19.7. The van der Waals surface area contributed by atoms with Gasteiger partial charge in [-0.3, -0.25) is 14.4 Å². The molecule has 2 aliphatic heterocycles. The van der Waals surface area contributed by atoms with E-state index in [0.717, 1.165) is 12.0 Å². The Kier molecular flexibility index (Phi) is 5.03. The third-order valence-corrected chi connectivity index (χ3v) is 7.13. The molecule has 3 heterocycles. The van der Waals surface area contributed by atoms with Crippen LogP contribution in [0.4, 0.5) is 10.1 Å². The predicted octanol–water partition coefficient (Wildman–Crippen LogP) is 4.98. The van der Waals surface area contributed by atoms with Gasteiger partial charge < -0.3 is 14.2 Å². The van der Waals surface area contributed by atoms with Crippen LogP contribution in [0.5, 0.6) is 0 Å². The number of halogens is 1. The summed E-state index contributed by atoms with van der Waals surface area (Å²) in [6, 6.07) is 20.0. The molecule has 0 radical (unpaired) electrons. The van der Waals surface area contributed by atoms with E-state index < -0.39 is 11.4 Å². The Morgan fingerprint density at radius 1 is 0.917 bits per heavy atom. The molecule has 4 aromatic rings. The van der Waals surface area contributed by atoms with Crippen LogP contribution in [0.25, 0.3) is 11.0 Å². The molecule has 2 aliphatic rings. The van der Waals surface area contributed by atoms with Crippen molar-refractivity contribution < 1.29 is 18.4 Å². The van der Waals surface area contributed by atoms with Crippen LogP contribution in [0.15, 0.2) is 82.0 Å². The smallest absolute Gasteiger partial charge is 0.291 e. The number of fused-ring (bicyclic) bond motifs is 5. The number of carbonyl (C=O) groups is 2. The van der Waals surface area contributed by atoms with Crippen molar-refractivity contribution >= 4 is 28.5 Å². The molecule has 0 saturated heterocycles. The number of anilines is 1. The number of amides is 2. The van der Waals surface area contributed by atoms with Crippen molar-refractivity contribution in [3.05, 3.63) is 111 Å². The highest BCUT2D eigenvalue weighted by atomic mass is 19.1. The topological polar surface area (TPSA) is 70.8 Å². The molecule has 1 spiro atoms. The van der Waals surface area contributed by atoms with Crippen molar-refractivity contribution in [3.63, 3.8) is 0 Å². The zero-order chi connectivity index (χ0) is 25.0. The third-order valence-electron chi connectivity index (χ3n) is 7.13. The van der Waals surface area contributed by atoms with Gasteiger partial charge in [0.15, 0.2) is 11.0 Å². The standard InChI is InChI=1S/C29H23FN2O4/c1-2-3-16-32-27(34)26-24(25(33)20-8-4-7-11-23(20)36-26)29(32)21-9-5-6-10-22(21)31(28(29)35)17-18-12-14-19(30)15-13-18/h4-15H,2-3,16-17H2,1H3. The Hall–Kier alpha value is -4.26. The monoisotopic (exact) mass is 482 g/mol. The van der Waals surface area contributed by atoms with E-state index in [-0.39, 0.29) is 35.0 Å². The van der Waals surface area contributed by atoms with Gasteiger partial charge in [-0.1, -0.05) is 55.8 Å². The largest absolute Gasteiger partial charge is 0.450 e. The first kappa shape index (κ1) is 22.2. The van der Waals surface area contributed by atoms with Crippen molar-refractivity contribution in [2.75, 3.05) is 11.4 Å². The Balaban J connectivity index is 1.63. The first-order valence-corrected chi connectivity index (χ1v) is 12.0. The van der Waals surface area contributed by atoms with Gasteiger partial charge >= 0.3 is 0 Å². The van der Waals surface area contributed by atoms with E-state index in [2.05, 4.69) is 0 Å². The number of hydrogen-bond acceptors (Lipinski definition) is 4. The molecular weight excluding hydrogens is 459 g/mol. The highest BCUT2D eigenvalue weighted by Crippen LogP contribution is 2.52. The molecule has 1 aromatic heterocycles. The number of hydrogen-bond donors (Lipinski definition) is 0. The maximum absolute atomic E-state index is 14.5. The molecule has 0 saturated carbocycles. The molecule has 6 nitrogen and oxygen atoms in total. The highest BCUT2D eigenvalue weighted by molar-refractivity contribution is 6.17. The number of para-hydroxylation sites is 2. The molecule has 0 bridgehead atoms. The summed E-state index contributed by atoms with van der Waals surface area (Å²) in [5, 5.41) is 0.322. The average molecular weight is 483 g/mol. The van der Waals surface area contributed by atoms with Gasteiger partial charge in [-0.25, -0.2) is 4.39 Å². The van der Waals surface area contributed by atoms with Crippen molar-refractivity contribution in [1.29, 1.82) is 0 Å². The Morgan fingerprint density at radius 2 is 1.64 bits per heavy atom. The van der Waals surface area contributed by atoms with E-state index in [1.165, 1.54) is 17.0 Å². The van der Waals surface area contributed by atoms with E-state index >= 15 is 0 Å². The quantitative estimate of drug-likeness (QED) is 0.402. The van der Waals surface area contributed by atoms with Crippen molar-refractivity contribution in [3.8, 4) is 0 Å². The fourth-order valence-electron chi connectivity index (χ4n) is 5.48. The van der Waals surface area contributed by atoms with Gasteiger partial charge in [0, 0.05) is 12.1 Å². The average Bonchev–Trinajstić information content (AvgIpc) is 3.29. The van der Waals surface area contributed by atoms with E-state index in [9.17, 15) is 18.8 Å². The molecule has 3 aromatic carbocycles. The van der Waals surface area contributed by atoms with E-state index in [1.807, 2.05) is 19.1 Å². The van der Waals surface area contributed by atoms with Crippen molar-refractivity contribution in [1.82, 2.24) is 4.90 Å². The molecule has 2 amide bonds. The number of rotatable bonds is 5. The minimum absolute atomic E-state index is 0.0707. The van der Waals surface area contributed by atoms with Crippen LogP contribution in [0.2, 0.25) is 0 Å². The van der Waals surface area contributed by atoms with Crippen LogP contribution in [-0.2, 0) is 16.9 Å². The van der Waals surface area contributed by atoms with Gasteiger partial charge in [0.05, 0.1) is 23.2 Å². The minimum atomic E-state index is -1.62. The number of nitrogens with zero attached hydrogens (tertiary/aromatic N) is 2. The third kappa shape index (κ3) is 2.92. The predicted molar refractivity (Wildman–Crippen MR) is 133 cm³/mol. The summed E-state index contributed by atoms with van der Waals surface area (Å²) >= 11 is 0. The second kappa shape index (κ2) is 8.16. The molecule has 7 heteroatoms. The van der Waals surface area contributed by atoms with Crippen molar-refractivity contribution in [2.45, 2.75) is 31.8 Å². The SMILES string of the molecule is CCCCN1C(=O)c2oc3ccccc3c(=O)c2C12C(=O)N(Cc1ccc(F)cc1)c1ccccc12. The van der Waals surface area contributed by atoms with Crippen molar-refractivity contribution in [2.24, 2.45) is 0 Å². The Bertz CT molecular complexity index is 1590. The first-order chi connectivity index (χ1) is 17.5. The molecule has 180 valence electrons. The van der Waals surface area contributed by atoms with Crippen LogP contribution in [-0.4, -0.2) is 23.3 Å². The lowest BCUT2D eigenvalue weighted by atomic mass is 9.84. The molecule has 6 rings (SSSR count). The lowest BCUT2D eigenvalue weighted by molar-refractivity contribution is -0.126. The highest BCUT2D eigenvalue weighted by Gasteiger charge is 2.64. The molecule has 1 unspecified atom stereocenters. The molecular formula is C29H23FN2O4. The summed E-state index contributed by atoms with van der Waals surface area (Å²) in [6.45, 7) is 2.46. The fourth-order valence-corrected chi connectivity index (χ4v) is 5.48. The lowest BCUT2D eigenvalue weighted by Gasteiger charge is -2.34. The molecule has 0 N–H and O–H groups in total. The summed E-state index contributed by atoms with van der Waals surface area (Å²) in [5.74, 6) is -1.30. The van der Waals surface area contributed by atoms with E-state index in [0.29, 0.717) is 35.2 Å². The number of carbonyl (C=O) groups excluding carboxylic acids is 2. The molecule has 0 fully saturated rings. The number of unbranched alkanes of at least 4 members (excludes halogenated alkanes) is 1. The maximum atomic E-state index is 14.5. The van der Waals surface area contributed by atoms with Crippen LogP contribution >= 0.6 is 0 Å². The van der Waals surface area contributed by atoms with Gasteiger partial charge in [-0.2, -0.15) is 0 Å². The summed E-state index contributed by atoms with van der Waals surface area (Å²) in [7, 11) is 0. The van der Waals surface area contributed by atoms with Gasteiger partial charge in [0.2, 0.25) is 5.76 Å². The normalized spacial score (nSPS) is 18.4. The van der Waals surface area contributed by atoms with Crippen LogP contribution in [0.3, 0.4) is 0 Å². The Labute approximate surface area is 206 Å². The van der Waals surface area contributed by atoms with E-state index in [4.69, 9.17) is 4.42 Å². The Morgan fingerprint density at radius 3 is 2.42 bits per heavy atom. The molecule has 1 atom stereocenters. The minimum Gasteiger partial charge on any atom is -0.450 e. The van der Waals surface area contributed by atoms with Gasteiger partial charge in [0.1, 0.15) is 11.4 Å². The fraction of sp³-hybridized carbons (Fsp3) is 0.207. The van der Waals surface area contributed by atoms with E-state index in [1.54, 1.807) is 53.4 Å².